The molecular formula is C18H21NO2. The molecule has 1 aromatic carbocycles. The number of nitrogens with zero attached hydrogens (tertiary/aromatic N) is 1. The van der Waals surface area contributed by atoms with Crippen molar-refractivity contribution in [1.29, 1.82) is 0 Å². The predicted octanol–water partition coefficient (Wildman–Crippen LogP) is 2.65. The van der Waals surface area contributed by atoms with Crippen molar-refractivity contribution in [2.45, 2.75) is 44.8 Å². The van der Waals surface area contributed by atoms with E-state index >= 15 is 0 Å². The smallest absolute Gasteiger partial charge is 0.251 e. The third-order valence-electron chi connectivity index (χ3n) is 4.73. The van der Waals surface area contributed by atoms with E-state index < -0.39 is 6.10 Å². The van der Waals surface area contributed by atoms with Crippen LogP contribution in [0.2, 0.25) is 0 Å². The molecule has 21 heavy (non-hydrogen) atoms. The van der Waals surface area contributed by atoms with Crippen molar-refractivity contribution in [1.82, 2.24) is 4.57 Å². The van der Waals surface area contributed by atoms with Crippen LogP contribution in [0.5, 0.6) is 0 Å². The molecule has 1 aromatic heterocycles. The van der Waals surface area contributed by atoms with Crippen LogP contribution in [0.3, 0.4) is 0 Å². The number of rotatable bonds is 2. The third kappa shape index (κ3) is 2.04. The van der Waals surface area contributed by atoms with Crippen molar-refractivity contribution in [3.05, 3.63) is 69.6 Å². The van der Waals surface area contributed by atoms with Gasteiger partial charge in [-0.25, -0.2) is 0 Å². The molecule has 3 nitrogen and oxygen atoms in total. The second-order valence-electron chi connectivity index (χ2n) is 6.33. The monoisotopic (exact) mass is 283 g/mol. The summed E-state index contributed by atoms with van der Waals surface area (Å²) in [5, 5.41) is 10.8. The number of aromatic nitrogens is 1. The van der Waals surface area contributed by atoms with E-state index in [1.807, 2.05) is 19.9 Å². The number of fused-ring (bicyclic) bond motifs is 1. The molecular weight excluding hydrogens is 262 g/mol. The lowest BCUT2D eigenvalue weighted by Crippen LogP contribution is -2.37. The first kappa shape index (κ1) is 14.1. The average Bonchev–Trinajstić information content (AvgIpc) is 2.67. The fourth-order valence-electron chi connectivity index (χ4n) is 3.36. The second kappa shape index (κ2) is 4.85. The average molecular weight is 283 g/mol. The molecule has 2 aromatic rings. The normalized spacial score (nSPS) is 23.0. The van der Waals surface area contributed by atoms with Crippen LogP contribution in [0.25, 0.3) is 0 Å². The van der Waals surface area contributed by atoms with E-state index in [1.54, 1.807) is 22.9 Å². The summed E-state index contributed by atoms with van der Waals surface area (Å²) in [7, 11) is 0. The largest absolute Gasteiger partial charge is 0.390 e. The van der Waals surface area contributed by atoms with E-state index in [2.05, 4.69) is 25.1 Å². The number of hydrogen-bond donors (Lipinski definition) is 1. The number of pyridine rings is 1. The second-order valence-corrected chi connectivity index (χ2v) is 6.33. The molecule has 3 heteroatoms. The zero-order valence-corrected chi connectivity index (χ0v) is 12.7. The van der Waals surface area contributed by atoms with Gasteiger partial charge in [0.15, 0.2) is 0 Å². The van der Waals surface area contributed by atoms with Crippen LogP contribution < -0.4 is 5.56 Å². The van der Waals surface area contributed by atoms with Gasteiger partial charge in [0.25, 0.3) is 5.56 Å². The fourth-order valence-corrected chi connectivity index (χ4v) is 3.36. The Hall–Kier alpha value is -1.87. The van der Waals surface area contributed by atoms with Crippen molar-refractivity contribution in [2.24, 2.45) is 0 Å². The standard InChI is InChI=1S/C18H21NO2/c1-4-12-8-9-14-13(11-12)16(17(21)18(14,2)3)19-10-6-5-7-15(19)20/h5-11,16-17,21H,4H2,1-3H3/t16-,17+/m0/s1. The summed E-state index contributed by atoms with van der Waals surface area (Å²) in [5.74, 6) is 0. The first-order chi connectivity index (χ1) is 9.96. The van der Waals surface area contributed by atoms with Crippen molar-refractivity contribution < 1.29 is 5.11 Å². The van der Waals surface area contributed by atoms with Crippen molar-refractivity contribution in [3.63, 3.8) is 0 Å². The van der Waals surface area contributed by atoms with Crippen LogP contribution >= 0.6 is 0 Å². The van der Waals surface area contributed by atoms with Gasteiger partial charge in [-0.05, 0) is 29.2 Å². The topological polar surface area (TPSA) is 42.2 Å². The summed E-state index contributed by atoms with van der Waals surface area (Å²) in [5.41, 5.74) is 2.99. The molecule has 0 fully saturated rings. The van der Waals surface area contributed by atoms with Gasteiger partial charge in [-0.15, -0.1) is 0 Å². The van der Waals surface area contributed by atoms with Crippen LogP contribution in [0.1, 0.15) is 43.5 Å². The summed E-state index contributed by atoms with van der Waals surface area (Å²) < 4.78 is 1.65. The van der Waals surface area contributed by atoms with Gasteiger partial charge >= 0.3 is 0 Å². The SMILES string of the molecule is CCc1ccc2c(c1)[C@H](n1ccccc1=O)[C@@H](O)C2(C)C. The molecule has 1 aliphatic carbocycles. The van der Waals surface area contributed by atoms with Gasteiger partial charge in [0.1, 0.15) is 0 Å². The molecule has 3 rings (SSSR count). The first-order valence-electron chi connectivity index (χ1n) is 7.45. The lowest BCUT2D eigenvalue weighted by Gasteiger charge is -2.27. The molecule has 110 valence electrons. The molecule has 1 N–H and O–H groups in total. The van der Waals surface area contributed by atoms with Gasteiger partial charge < -0.3 is 9.67 Å². The Bertz CT molecular complexity index is 730. The highest BCUT2D eigenvalue weighted by Gasteiger charge is 2.46. The van der Waals surface area contributed by atoms with Gasteiger partial charge in [0.2, 0.25) is 0 Å². The maximum absolute atomic E-state index is 12.2. The minimum absolute atomic E-state index is 0.0768. The molecule has 0 bridgehead atoms. The van der Waals surface area contributed by atoms with Crippen molar-refractivity contribution >= 4 is 0 Å². The Labute approximate surface area is 124 Å². The summed E-state index contributed by atoms with van der Waals surface area (Å²) >= 11 is 0. The maximum Gasteiger partial charge on any atom is 0.251 e. The number of aryl methyl sites for hydroxylation is 1. The van der Waals surface area contributed by atoms with Gasteiger partial charge in [-0.2, -0.15) is 0 Å². The quantitative estimate of drug-likeness (QED) is 0.920. The Morgan fingerprint density at radius 1 is 1.24 bits per heavy atom. The lowest BCUT2D eigenvalue weighted by molar-refractivity contribution is 0.0799. The summed E-state index contributed by atoms with van der Waals surface area (Å²) in [6.45, 7) is 6.19. The van der Waals surface area contributed by atoms with E-state index in [0.717, 1.165) is 17.5 Å². The Morgan fingerprint density at radius 2 is 2.00 bits per heavy atom. The molecule has 0 amide bonds. The summed E-state index contributed by atoms with van der Waals surface area (Å²) in [6, 6.07) is 11.2. The molecule has 0 saturated carbocycles. The van der Waals surface area contributed by atoms with Gasteiger partial charge in [-0.1, -0.05) is 45.0 Å². The lowest BCUT2D eigenvalue weighted by atomic mass is 9.84. The third-order valence-corrected chi connectivity index (χ3v) is 4.73. The van der Waals surface area contributed by atoms with Crippen LogP contribution in [-0.4, -0.2) is 15.8 Å². The highest BCUT2D eigenvalue weighted by molar-refractivity contribution is 5.46. The van der Waals surface area contributed by atoms with Crippen molar-refractivity contribution in [3.8, 4) is 0 Å². The first-order valence-corrected chi connectivity index (χ1v) is 7.45. The van der Waals surface area contributed by atoms with E-state index in [0.29, 0.717) is 0 Å². The minimum atomic E-state index is -0.611. The molecule has 0 spiro atoms. The highest BCUT2D eigenvalue weighted by atomic mass is 16.3. The van der Waals surface area contributed by atoms with Gasteiger partial charge in [-0.3, -0.25) is 4.79 Å². The summed E-state index contributed by atoms with van der Waals surface area (Å²) in [4.78, 5) is 12.2. The van der Waals surface area contributed by atoms with Crippen LogP contribution in [0.4, 0.5) is 0 Å². The minimum Gasteiger partial charge on any atom is -0.390 e. The number of benzene rings is 1. The fraction of sp³-hybridized carbons (Fsp3) is 0.389. The van der Waals surface area contributed by atoms with Gasteiger partial charge in [0.05, 0.1) is 12.1 Å². The number of aliphatic hydroxyl groups excluding tert-OH is 1. The molecule has 1 aliphatic rings. The molecule has 0 radical (unpaired) electrons. The van der Waals surface area contributed by atoms with Crippen LogP contribution in [0.15, 0.2) is 47.4 Å². The van der Waals surface area contributed by atoms with Crippen LogP contribution in [-0.2, 0) is 11.8 Å². The Balaban J connectivity index is 2.24. The Morgan fingerprint density at radius 3 is 2.67 bits per heavy atom. The highest BCUT2D eigenvalue weighted by Crippen LogP contribution is 2.46. The molecule has 0 aliphatic heterocycles. The number of aliphatic hydroxyl groups is 1. The van der Waals surface area contributed by atoms with E-state index in [9.17, 15) is 9.90 Å². The van der Waals surface area contributed by atoms with E-state index in [-0.39, 0.29) is 17.0 Å². The van der Waals surface area contributed by atoms with E-state index in [1.165, 1.54) is 5.56 Å². The van der Waals surface area contributed by atoms with Crippen molar-refractivity contribution in [2.75, 3.05) is 0 Å². The van der Waals surface area contributed by atoms with Crippen LogP contribution in [0, 0.1) is 0 Å². The zero-order chi connectivity index (χ0) is 15.2. The molecule has 2 atom stereocenters. The molecule has 0 saturated heterocycles. The number of hydrogen-bond acceptors (Lipinski definition) is 2. The predicted molar refractivity (Wildman–Crippen MR) is 83.7 cm³/mol. The Kier molecular flexibility index (Phi) is 3.25. The summed E-state index contributed by atoms with van der Waals surface area (Å²) in [6.07, 6.45) is 2.10. The maximum atomic E-state index is 12.2. The zero-order valence-electron chi connectivity index (χ0n) is 12.7. The van der Waals surface area contributed by atoms with E-state index in [4.69, 9.17) is 0 Å². The molecule has 1 heterocycles. The molecule has 0 unspecified atom stereocenters. The van der Waals surface area contributed by atoms with Gasteiger partial charge in [0, 0.05) is 17.7 Å².